The third-order valence-corrected chi connectivity index (χ3v) is 1.41. The molecule has 0 saturated carbocycles. The summed E-state index contributed by atoms with van der Waals surface area (Å²) in [5, 5.41) is 0. The van der Waals surface area contributed by atoms with Crippen LogP contribution in [-0.4, -0.2) is 30.1 Å². The summed E-state index contributed by atoms with van der Waals surface area (Å²) in [4.78, 5) is 20.3. The van der Waals surface area contributed by atoms with E-state index in [2.05, 4.69) is 0 Å². The molecule has 0 aromatic rings. The number of ketones is 2. The van der Waals surface area contributed by atoms with Gasteiger partial charge >= 0.3 is 18.5 Å². The molecule has 17 heavy (non-hydrogen) atoms. The highest BCUT2D eigenvalue weighted by atomic mass is 19.4. The minimum Gasteiger partial charge on any atom is -0.288 e. The largest absolute Gasteiger partial charge is 0.451 e. The van der Waals surface area contributed by atoms with E-state index in [0.29, 0.717) is 0 Å². The van der Waals surface area contributed by atoms with Gasteiger partial charge in [0.1, 0.15) is 0 Å². The average molecular weight is 276 g/mol. The van der Waals surface area contributed by atoms with Crippen molar-refractivity contribution in [1.82, 2.24) is 0 Å². The van der Waals surface area contributed by atoms with Gasteiger partial charge in [0.05, 0.1) is 0 Å². The molecular weight excluding hydrogens is 275 g/mol. The van der Waals surface area contributed by atoms with E-state index < -0.39 is 36.0 Å². The molecule has 0 amide bonds. The van der Waals surface area contributed by atoms with Crippen molar-refractivity contribution in [2.75, 3.05) is 0 Å². The van der Waals surface area contributed by atoms with Crippen LogP contribution in [0.15, 0.2) is 0 Å². The molecule has 0 aromatic carbocycles. The molecule has 0 spiro atoms. The van der Waals surface area contributed by atoms with Crippen molar-refractivity contribution >= 4 is 11.6 Å². The van der Waals surface area contributed by atoms with E-state index in [1.165, 1.54) is 0 Å². The van der Waals surface area contributed by atoms with Gasteiger partial charge in [-0.1, -0.05) is 0 Å². The van der Waals surface area contributed by atoms with E-state index in [1.807, 2.05) is 0 Å². The van der Waals surface area contributed by atoms with Gasteiger partial charge in [-0.3, -0.25) is 9.59 Å². The van der Waals surface area contributed by atoms with Crippen molar-refractivity contribution in [3.63, 3.8) is 0 Å². The molecule has 100 valence electrons. The number of halogens is 9. The first-order valence-electron chi connectivity index (χ1n) is 3.48. The molecule has 0 N–H and O–H groups in total. The highest BCUT2D eigenvalue weighted by molar-refractivity contribution is 6.07. The maximum atomic E-state index is 11.8. The zero-order chi connectivity index (χ0) is 14.2. The predicted molar refractivity (Wildman–Crippen MR) is 31.7 cm³/mol. The Morgan fingerprint density at radius 1 is 0.647 bits per heavy atom. The van der Waals surface area contributed by atoms with Gasteiger partial charge in [-0.2, -0.15) is 39.5 Å². The Hall–Kier alpha value is -1.29. The number of hydrogen-bond acceptors (Lipinski definition) is 2. The van der Waals surface area contributed by atoms with Gasteiger partial charge in [-0.05, 0) is 0 Å². The SMILES string of the molecule is O=C(C(C(=O)C(F)(F)F)C(F)(F)F)C(F)(F)F. The lowest BCUT2D eigenvalue weighted by Gasteiger charge is -2.20. The molecule has 11 heteroatoms. The number of Topliss-reactive ketones (excluding diaryl/α,β-unsaturated/α-hetero) is 2. The molecule has 0 bridgehead atoms. The zero-order valence-electron chi connectivity index (χ0n) is 7.30. The molecule has 0 fully saturated rings. The molecule has 0 radical (unpaired) electrons. The molecule has 0 aliphatic carbocycles. The van der Waals surface area contributed by atoms with Gasteiger partial charge in [-0.25, -0.2) is 0 Å². The van der Waals surface area contributed by atoms with Crippen molar-refractivity contribution < 1.29 is 49.1 Å². The van der Waals surface area contributed by atoms with Crippen LogP contribution in [0.2, 0.25) is 0 Å². The predicted octanol–water partition coefficient (Wildman–Crippen LogP) is 2.43. The fourth-order valence-electron chi connectivity index (χ4n) is 0.744. The Kier molecular flexibility index (Phi) is 3.87. The highest BCUT2D eigenvalue weighted by Gasteiger charge is 2.63. The van der Waals surface area contributed by atoms with Gasteiger partial charge in [-0.15, -0.1) is 0 Å². The van der Waals surface area contributed by atoms with Crippen LogP contribution in [0.3, 0.4) is 0 Å². The molecule has 0 rings (SSSR count). The van der Waals surface area contributed by atoms with Gasteiger partial charge in [0.2, 0.25) is 0 Å². The van der Waals surface area contributed by atoms with E-state index >= 15 is 0 Å². The Morgan fingerprint density at radius 2 is 0.882 bits per heavy atom. The lowest BCUT2D eigenvalue weighted by Crippen LogP contribution is -2.48. The maximum absolute atomic E-state index is 11.8. The molecule has 0 heterocycles. The third-order valence-electron chi connectivity index (χ3n) is 1.41. The second-order valence-electron chi connectivity index (χ2n) is 2.70. The van der Waals surface area contributed by atoms with Crippen molar-refractivity contribution in [1.29, 1.82) is 0 Å². The minimum atomic E-state index is -6.26. The number of hydrogen-bond donors (Lipinski definition) is 0. The van der Waals surface area contributed by atoms with Crippen molar-refractivity contribution in [2.45, 2.75) is 18.5 Å². The van der Waals surface area contributed by atoms with Gasteiger partial charge < -0.3 is 0 Å². The monoisotopic (exact) mass is 276 g/mol. The topological polar surface area (TPSA) is 34.1 Å². The highest BCUT2D eigenvalue weighted by Crippen LogP contribution is 2.37. The Labute approximate surface area is 86.4 Å². The summed E-state index contributed by atoms with van der Waals surface area (Å²) >= 11 is 0. The van der Waals surface area contributed by atoms with Crippen molar-refractivity contribution in [3.8, 4) is 0 Å². The standard InChI is InChI=1S/C6HF9O2/c7-4(8,9)1(2(16)5(10,11)12)3(17)6(13,14)15/h1H. The van der Waals surface area contributed by atoms with Crippen LogP contribution in [-0.2, 0) is 9.59 Å². The summed E-state index contributed by atoms with van der Waals surface area (Å²) in [6.07, 6.45) is -18.7. The van der Waals surface area contributed by atoms with Gasteiger partial charge in [0.25, 0.3) is 11.6 Å². The number of alkyl halides is 9. The normalized spacial score (nSPS) is 14.0. The maximum Gasteiger partial charge on any atom is 0.451 e. The first kappa shape index (κ1) is 15.7. The van der Waals surface area contributed by atoms with Gasteiger partial charge in [0.15, 0.2) is 5.92 Å². The summed E-state index contributed by atoms with van der Waals surface area (Å²) in [6.45, 7) is 0. The van der Waals surface area contributed by atoms with E-state index in [-0.39, 0.29) is 0 Å². The number of carbonyl (C=O) groups is 2. The summed E-state index contributed by atoms with van der Waals surface area (Å²) in [5.41, 5.74) is 0. The average Bonchev–Trinajstić information content (AvgIpc) is 1.97. The molecule has 0 saturated heterocycles. The van der Waals surface area contributed by atoms with E-state index in [1.54, 1.807) is 0 Å². The van der Waals surface area contributed by atoms with Crippen LogP contribution in [0.25, 0.3) is 0 Å². The fraction of sp³-hybridized carbons (Fsp3) is 0.667. The lowest BCUT2D eigenvalue weighted by atomic mass is 9.97. The summed E-state index contributed by atoms with van der Waals surface area (Å²) in [5.74, 6) is -12.4. The second kappa shape index (κ2) is 4.18. The molecule has 0 aliphatic heterocycles. The third kappa shape index (κ3) is 3.89. The van der Waals surface area contributed by atoms with Crippen molar-refractivity contribution in [2.24, 2.45) is 5.92 Å². The number of rotatable bonds is 2. The Morgan fingerprint density at radius 3 is 1.00 bits per heavy atom. The van der Waals surface area contributed by atoms with E-state index in [9.17, 15) is 49.1 Å². The molecule has 0 atom stereocenters. The minimum absolute atomic E-state index is 3.80. The summed E-state index contributed by atoms with van der Waals surface area (Å²) in [7, 11) is 0. The van der Waals surface area contributed by atoms with Crippen LogP contribution < -0.4 is 0 Å². The molecular formula is C6HF9O2. The van der Waals surface area contributed by atoms with Crippen molar-refractivity contribution in [3.05, 3.63) is 0 Å². The Bertz CT molecular complexity index is 294. The first-order valence-corrected chi connectivity index (χ1v) is 3.48. The zero-order valence-corrected chi connectivity index (χ0v) is 7.30. The molecule has 2 nitrogen and oxygen atoms in total. The summed E-state index contributed by atoms with van der Waals surface area (Å²) < 4.78 is 105. The van der Waals surface area contributed by atoms with Crippen LogP contribution in [0, 0.1) is 5.92 Å². The van der Waals surface area contributed by atoms with Crippen LogP contribution in [0.5, 0.6) is 0 Å². The van der Waals surface area contributed by atoms with Gasteiger partial charge in [0, 0.05) is 0 Å². The second-order valence-corrected chi connectivity index (χ2v) is 2.70. The Balaban J connectivity index is 5.50. The van der Waals surface area contributed by atoms with Crippen LogP contribution in [0.4, 0.5) is 39.5 Å². The van der Waals surface area contributed by atoms with Crippen LogP contribution >= 0.6 is 0 Å². The number of carbonyl (C=O) groups excluding carboxylic acids is 2. The summed E-state index contributed by atoms with van der Waals surface area (Å²) in [6, 6.07) is 0. The van der Waals surface area contributed by atoms with Crippen LogP contribution in [0.1, 0.15) is 0 Å². The molecule has 0 aromatic heterocycles. The quantitative estimate of drug-likeness (QED) is 0.573. The fourth-order valence-corrected chi connectivity index (χ4v) is 0.744. The van der Waals surface area contributed by atoms with E-state index in [4.69, 9.17) is 0 Å². The molecule has 0 aliphatic rings. The van der Waals surface area contributed by atoms with E-state index in [0.717, 1.165) is 0 Å². The lowest BCUT2D eigenvalue weighted by molar-refractivity contribution is -0.225. The first-order chi connectivity index (χ1) is 7.19. The smallest absolute Gasteiger partial charge is 0.288 e. The molecule has 0 unspecified atom stereocenters.